The fourth-order valence-electron chi connectivity index (χ4n) is 1.42. The van der Waals surface area contributed by atoms with Gasteiger partial charge in [0.1, 0.15) is 0 Å². The zero-order valence-electron chi connectivity index (χ0n) is 8.50. The summed E-state index contributed by atoms with van der Waals surface area (Å²) in [6.07, 6.45) is 4.47. The van der Waals surface area contributed by atoms with Crippen LogP contribution >= 0.6 is 0 Å². The Morgan fingerprint density at radius 1 is 1.62 bits per heavy atom. The van der Waals surface area contributed by atoms with Gasteiger partial charge in [0.2, 0.25) is 0 Å². The SMILES string of the molecule is CCC(C)(C)C(NN)c1ccoc1. The van der Waals surface area contributed by atoms with E-state index in [4.69, 9.17) is 10.3 Å². The van der Waals surface area contributed by atoms with Gasteiger partial charge >= 0.3 is 0 Å². The van der Waals surface area contributed by atoms with Crippen LogP contribution in [0.1, 0.15) is 38.8 Å². The number of nitrogens with two attached hydrogens (primary N) is 1. The van der Waals surface area contributed by atoms with Crippen LogP contribution in [0.25, 0.3) is 0 Å². The number of rotatable bonds is 4. The molecule has 0 fully saturated rings. The van der Waals surface area contributed by atoms with Crippen LogP contribution in [0.5, 0.6) is 0 Å². The van der Waals surface area contributed by atoms with Gasteiger partial charge in [0, 0.05) is 5.56 Å². The predicted octanol–water partition coefficient (Wildman–Crippen LogP) is 2.22. The first-order chi connectivity index (χ1) is 6.11. The average Bonchev–Trinajstić information content (AvgIpc) is 2.58. The molecule has 3 N–H and O–H groups in total. The molecule has 74 valence electrons. The van der Waals surface area contributed by atoms with Gasteiger partial charge in [-0.15, -0.1) is 0 Å². The minimum atomic E-state index is 0.138. The van der Waals surface area contributed by atoms with Crippen molar-refractivity contribution in [1.29, 1.82) is 0 Å². The van der Waals surface area contributed by atoms with Gasteiger partial charge in [-0.3, -0.25) is 11.3 Å². The second-order valence-corrected chi connectivity index (χ2v) is 4.00. The molecule has 0 saturated heterocycles. The first-order valence-corrected chi connectivity index (χ1v) is 4.60. The van der Waals surface area contributed by atoms with Crippen molar-refractivity contribution in [2.75, 3.05) is 0 Å². The highest BCUT2D eigenvalue weighted by Gasteiger charge is 2.28. The van der Waals surface area contributed by atoms with E-state index in [9.17, 15) is 0 Å². The lowest BCUT2D eigenvalue weighted by Crippen LogP contribution is -2.37. The minimum Gasteiger partial charge on any atom is -0.472 e. The smallest absolute Gasteiger partial charge is 0.0951 e. The number of hydrazine groups is 1. The average molecular weight is 182 g/mol. The summed E-state index contributed by atoms with van der Waals surface area (Å²) in [5.74, 6) is 5.53. The van der Waals surface area contributed by atoms with E-state index >= 15 is 0 Å². The van der Waals surface area contributed by atoms with Crippen LogP contribution < -0.4 is 11.3 Å². The van der Waals surface area contributed by atoms with Crippen molar-refractivity contribution in [3.8, 4) is 0 Å². The maximum atomic E-state index is 5.53. The number of furan rings is 1. The molecule has 0 aliphatic carbocycles. The summed E-state index contributed by atoms with van der Waals surface area (Å²) in [7, 11) is 0. The van der Waals surface area contributed by atoms with Crippen molar-refractivity contribution < 1.29 is 4.42 Å². The monoisotopic (exact) mass is 182 g/mol. The normalized spacial score (nSPS) is 14.5. The van der Waals surface area contributed by atoms with E-state index in [1.165, 1.54) is 0 Å². The van der Waals surface area contributed by atoms with E-state index < -0.39 is 0 Å². The Bertz CT molecular complexity index is 241. The fraction of sp³-hybridized carbons (Fsp3) is 0.600. The van der Waals surface area contributed by atoms with Crippen LogP contribution in [0.4, 0.5) is 0 Å². The van der Waals surface area contributed by atoms with Crippen LogP contribution in [0.15, 0.2) is 23.0 Å². The third-order valence-corrected chi connectivity index (χ3v) is 2.74. The van der Waals surface area contributed by atoms with Gasteiger partial charge in [-0.2, -0.15) is 0 Å². The van der Waals surface area contributed by atoms with Gasteiger partial charge in [0.15, 0.2) is 0 Å². The lowest BCUT2D eigenvalue weighted by Gasteiger charge is -2.32. The summed E-state index contributed by atoms with van der Waals surface area (Å²) in [6.45, 7) is 6.53. The molecule has 3 nitrogen and oxygen atoms in total. The predicted molar refractivity (Wildman–Crippen MR) is 52.8 cm³/mol. The van der Waals surface area contributed by atoms with Gasteiger partial charge < -0.3 is 4.42 Å². The van der Waals surface area contributed by atoms with Crippen LogP contribution in [-0.4, -0.2) is 0 Å². The summed E-state index contributed by atoms with van der Waals surface area (Å²) in [5.41, 5.74) is 4.08. The molecular weight excluding hydrogens is 164 g/mol. The zero-order valence-corrected chi connectivity index (χ0v) is 8.50. The molecule has 0 aliphatic heterocycles. The first kappa shape index (κ1) is 10.3. The Labute approximate surface area is 79.3 Å². The Kier molecular flexibility index (Phi) is 3.12. The number of hydrogen-bond acceptors (Lipinski definition) is 3. The van der Waals surface area contributed by atoms with E-state index in [0.717, 1.165) is 12.0 Å². The van der Waals surface area contributed by atoms with Gasteiger partial charge in [-0.05, 0) is 17.9 Å². The molecule has 0 aliphatic rings. The van der Waals surface area contributed by atoms with Crippen molar-refractivity contribution in [1.82, 2.24) is 5.43 Å². The summed E-state index contributed by atoms with van der Waals surface area (Å²) in [4.78, 5) is 0. The Morgan fingerprint density at radius 3 is 2.69 bits per heavy atom. The van der Waals surface area contributed by atoms with Crippen LogP contribution in [0, 0.1) is 5.41 Å². The molecule has 1 atom stereocenters. The van der Waals surface area contributed by atoms with Crippen molar-refractivity contribution in [2.24, 2.45) is 11.3 Å². The molecule has 0 spiro atoms. The van der Waals surface area contributed by atoms with Crippen LogP contribution in [0.2, 0.25) is 0 Å². The standard InChI is InChI=1S/C10H18N2O/c1-4-10(2,3)9(12-11)8-5-6-13-7-8/h5-7,9,12H,4,11H2,1-3H3. The molecule has 13 heavy (non-hydrogen) atoms. The quantitative estimate of drug-likeness (QED) is 0.554. The topological polar surface area (TPSA) is 51.2 Å². The molecule has 0 amide bonds. The molecule has 1 aromatic rings. The van der Waals surface area contributed by atoms with E-state index in [2.05, 4.69) is 26.2 Å². The molecule has 3 heteroatoms. The third kappa shape index (κ3) is 2.11. The lowest BCUT2D eigenvalue weighted by atomic mass is 9.79. The van der Waals surface area contributed by atoms with E-state index in [0.29, 0.717) is 0 Å². The summed E-state index contributed by atoms with van der Waals surface area (Å²) >= 11 is 0. The number of hydrogen-bond donors (Lipinski definition) is 2. The maximum Gasteiger partial charge on any atom is 0.0951 e. The molecule has 1 heterocycles. The Morgan fingerprint density at radius 2 is 2.31 bits per heavy atom. The second kappa shape index (κ2) is 3.94. The highest BCUT2D eigenvalue weighted by molar-refractivity contribution is 5.14. The Balaban J connectivity index is 2.86. The number of nitrogens with one attached hydrogen (secondary N) is 1. The molecule has 0 aromatic carbocycles. The Hall–Kier alpha value is -0.800. The lowest BCUT2D eigenvalue weighted by molar-refractivity contribution is 0.235. The largest absolute Gasteiger partial charge is 0.472 e. The van der Waals surface area contributed by atoms with E-state index in [1.807, 2.05) is 6.07 Å². The van der Waals surface area contributed by atoms with Gasteiger partial charge in [-0.1, -0.05) is 20.8 Å². The zero-order chi connectivity index (χ0) is 9.90. The highest BCUT2D eigenvalue weighted by Crippen LogP contribution is 2.35. The van der Waals surface area contributed by atoms with Crippen LogP contribution in [-0.2, 0) is 0 Å². The first-order valence-electron chi connectivity index (χ1n) is 4.60. The van der Waals surface area contributed by atoms with Crippen molar-refractivity contribution in [3.05, 3.63) is 24.2 Å². The maximum absolute atomic E-state index is 5.53. The van der Waals surface area contributed by atoms with E-state index in [1.54, 1.807) is 12.5 Å². The second-order valence-electron chi connectivity index (χ2n) is 4.00. The van der Waals surface area contributed by atoms with Gasteiger partial charge in [0.25, 0.3) is 0 Å². The fourth-order valence-corrected chi connectivity index (χ4v) is 1.42. The van der Waals surface area contributed by atoms with Crippen molar-refractivity contribution in [3.63, 3.8) is 0 Å². The van der Waals surface area contributed by atoms with Crippen molar-refractivity contribution >= 4 is 0 Å². The van der Waals surface area contributed by atoms with Gasteiger partial charge in [-0.25, -0.2) is 0 Å². The van der Waals surface area contributed by atoms with Gasteiger partial charge in [0.05, 0.1) is 18.6 Å². The molecular formula is C10H18N2O. The molecule has 0 radical (unpaired) electrons. The molecule has 0 bridgehead atoms. The highest BCUT2D eigenvalue weighted by atomic mass is 16.3. The molecule has 1 aromatic heterocycles. The van der Waals surface area contributed by atoms with Crippen molar-refractivity contribution in [2.45, 2.75) is 33.2 Å². The minimum absolute atomic E-state index is 0.138. The van der Waals surface area contributed by atoms with Crippen LogP contribution in [0.3, 0.4) is 0 Å². The molecule has 1 rings (SSSR count). The summed E-state index contributed by atoms with van der Waals surface area (Å²) in [5, 5.41) is 0. The third-order valence-electron chi connectivity index (χ3n) is 2.74. The summed E-state index contributed by atoms with van der Waals surface area (Å²) < 4.78 is 5.04. The molecule has 0 saturated carbocycles. The molecule has 1 unspecified atom stereocenters. The van der Waals surface area contributed by atoms with E-state index in [-0.39, 0.29) is 11.5 Å². The summed E-state index contributed by atoms with van der Waals surface area (Å²) in [6, 6.07) is 2.10.